The smallest absolute Gasteiger partial charge is 0.328 e. The Balaban J connectivity index is 1.75. The number of hydrogen-bond acceptors (Lipinski definition) is 3. The van der Waals surface area contributed by atoms with Gasteiger partial charge in [0.1, 0.15) is 5.82 Å². The monoisotopic (exact) mass is 283 g/mol. The Hall–Kier alpha value is -2.40. The van der Waals surface area contributed by atoms with Gasteiger partial charge in [0, 0.05) is 38.1 Å². The van der Waals surface area contributed by atoms with Crippen molar-refractivity contribution >= 4 is 12.0 Å². The van der Waals surface area contributed by atoms with Crippen LogP contribution in [0.2, 0.25) is 0 Å². The number of fused-ring (bicyclic) bond motifs is 1. The normalized spacial score (nSPS) is 15.2. The van der Waals surface area contributed by atoms with E-state index < -0.39 is 5.97 Å². The summed E-state index contributed by atoms with van der Waals surface area (Å²) in [6, 6.07) is 7.90. The zero-order chi connectivity index (χ0) is 14.7. The van der Waals surface area contributed by atoms with Gasteiger partial charge in [-0.05, 0) is 17.2 Å². The van der Waals surface area contributed by atoms with Crippen LogP contribution in [-0.2, 0) is 24.4 Å². The molecule has 1 aromatic heterocycles. The highest BCUT2D eigenvalue weighted by atomic mass is 16.4. The van der Waals surface area contributed by atoms with E-state index >= 15 is 0 Å². The number of carbonyl (C=O) groups is 1. The molecular formula is C16H17N3O2. The van der Waals surface area contributed by atoms with Crippen LogP contribution in [0.5, 0.6) is 0 Å². The molecule has 0 spiro atoms. The molecule has 0 bridgehead atoms. The summed E-state index contributed by atoms with van der Waals surface area (Å²) in [6.45, 7) is 3.54. The van der Waals surface area contributed by atoms with Crippen molar-refractivity contribution in [2.45, 2.75) is 19.6 Å². The Morgan fingerprint density at radius 3 is 3.05 bits per heavy atom. The van der Waals surface area contributed by atoms with Crippen LogP contribution in [0, 0.1) is 0 Å². The van der Waals surface area contributed by atoms with Crippen molar-refractivity contribution in [1.29, 1.82) is 0 Å². The molecule has 21 heavy (non-hydrogen) atoms. The van der Waals surface area contributed by atoms with Gasteiger partial charge in [0.2, 0.25) is 0 Å². The molecule has 2 heterocycles. The second kappa shape index (κ2) is 5.93. The standard InChI is InChI=1S/C16H17N3O2/c20-16(21)6-5-13-3-1-2-4-14(13)11-18-9-10-19-8-7-17-15(19)12-18/h1-8H,9-12H2,(H,20,21). The van der Waals surface area contributed by atoms with Crippen LogP contribution in [0.1, 0.15) is 17.0 Å². The predicted molar refractivity (Wildman–Crippen MR) is 79.5 cm³/mol. The first-order chi connectivity index (χ1) is 10.2. The highest BCUT2D eigenvalue weighted by Crippen LogP contribution is 2.17. The third-order valence-corrected chi connectivity index (χ3v) is 3.68. The molecular weight excluding hydrogens is 266 g/mol. The molecule has 5 heteroatoms. The van der Waals surface area contributed by atoms with Gasteiger partial charge in [-0.2, -0.15) is 0 Å². The number of imidazole rings is 1. The summed E-state index contributed by atoms with van der Waals surface area (Å²) in [4.78, 5) is 17.4. The summed E-state index contributed by atoms with van der Waals surface area (Å²) in [5, 5.41) is 8.76. The second-order valence-electron chi connectivity index (χ2n) is 5.12. The molecule has 0 radical (unpaired) electrons. The number of carboxylic acid groups (broad SMARTS) is 1. The molecule has 1 aliphatic heterocycles. The lowest BCUT2D eigenvalue weighted by atomic mass is 10.1. The van der Waals surface area contributed by atoms with Gasteiger partial charge in [-0.15, -0.1) is 0 Å². The quantitative estimate of drug-likeness (QED) is 0.872. The third kappa shape index (κ3) is 3.20. The average Bonchev–Trinajstić information content (AvgIpc) is 2.94. The number of aromatic nitrogens is 2. The molecule has 0 unspecified atom stereocenters. The van der Waals surface area contributed by atoms with Crippen molar-refractivity contribution in [3.63, 3.8) is 0 Å². The molecule has 0 amide bonds. The summed E-state index contributed by atoms with van der Waals surface area (Å²) in [5.74, 6) is 0.157. The van der Waals surface area contributed by atoms with Gasteiger partial charge in [-0.25, -0.2) is 9.78 Å². The van der Waals surface area contributed by atoms with Crippen LogP contribution in [0.25, 0.3) is 6.08 Å². The van der Waals surface area contributed by atoms with Crippen LogP contribution in [-0.4, -0.2) is 32.1 Å². The minimum Gasteiger partial charge on any atom is -0.478 e. The fraction of sp³-hybridized carbons (Fsp3) is 0.250. The number of carboxylic acids is 1. The van der Waals surface area contributed by atoms with E-state index in [0.717, 1.165) is 43.1 Å². The Kier molecular flexibility index (Phi) is 3.83. The van der Waals surface area contributed by atoms with Gasteiger partial charge < -0.3 is 9.67 Å². The largest absolute Gasteiger partial charge is 0.478 e. The Morgan fingerprint density at radius 2 is 2.19 bits per heavy atom. The molecule has 0 saturated heterocycles. The van der Waals surface area contributed by atoms with Crippen molar-refractivity contribution < 1.29 is 9.90 Å². The fourth-order valence-corrected chi connectivity index (χ4v) is 2.60. The first kappa shape index (κ1) is 13.6. The number of rotatable bonds is 4. The van der Waals surface area contributed by atoms with Crippen LogP contribution >= 0.6 is 0 Å². The van der Waals surface area contributed by atoms with Gasteiger partial charge in [-0.1, -0.05) is 24.3 Å². The molecule has 2 aromatic rings. The van der Waals surface area contributed by atoms with Gasteiger partial charge in [0.05, 0.1) is 6.54 Å². The maximum absolute atomic E-state index is 10.7. The van der Waals surface area contributed by atoms with E-state index in [1.807, 2.05) is 36.7 Å². The van der Waals surface area contributed by atoms with E-state index in [1.165, 1.54) is 6.08 Å². The molecule has 1 N–H and O–H groups in total. The number of hydrogen-bond donors (Lipinski definition) is 1. The van der Waals surface area contributed by atoms with Crippen molar-refractivity contribution in [2.75, 3.05) is 6.54 Å². The van der Waals surface area contributed by atoms with Crippen molar-refractivity contribution in [1.82, 2.24) is 14.5 Å². The summed E-state index contributed by atoms with van der Waals surface area (Å²) in [5.41, 5.74) is 2.09. The molecule has 1 aromatic carbocycles. The molecule has 1 aliphatic rings. The van der Waals surface area contributed by atoms with Crippen molar-refractivity contribution in [3.8, 4) is 0 Å². The topological polar surface area (TPSA) is 58.4 Å². The molecule has 108 valence electrons. The Bertz CT molecular complexity index is 676. The van der Waals surface area contributed by atoms with Crippen molar-refractivity contribution in [3.05, 3.63) is 59.7 Å². The number of nitrogens with zero attached hydrogens (tertiary/aromatic N) is 3. The summed E-state index contributed by atoms with van der Waals surface area (Å²) in [7, 11) is 0. The van der Waals surface area contributed by atoms with E-state index in [9.17, 15) is 4.79 Å². The molecule has 0 saturated carbocycles. The Labute approximate surface area is 123 Å². The van der Waals surface area contributed by atoms with E-state index in [1.54, 1.807) is 6.08 Å². The van der Waals surface area contributed by atoms with E-state index in [4.69, 9.17) is 5.11 Å². The van der Waals surface area contributed by atoms with Gasteiger partial charge in [0.15, 0.2) is 0 Å². The minimum absolute atomic E-state index is 0.799. The second-order valence-corrected chi connectivity index (χ2v) is 5.12. The third-order valence-electron chi connectivity index (χ3n) is 3.68. The fourth-order valence-electron chi connectivity index (χ4n) is 2.60. The van der Waals surface area contributed by atoms with Crippen LogP contribution in [0.4, 0.5) is 0 Å². The summed E-state index contributed by atoms with van der Waals surface area (Å²) in [6.07, 6.45) is 6.68. The lowest BCUT2D eigenvalue weighted by molar-refractivity contribution is -0.131. The lowest BCUT2D eigenvalue weighted by Gasteiger charge is -2.28. The van der Waals surface area contributed by atoms with Crippen LogP contribution in [0.3, 0.4) is 0 Å². The predicted octanol–water partition coefficient (Wildman–Crippen LogP) is 2.00. The van der Waals surface area contributed by atoms with Gasteiger partial charge in [0.25, 0.3) is 0 Å². The number of benzene rings is 1. The van der Waals surface area contributed by atoms with Crippen LogP contribution < -0.4 is 0 Å². The van der Waals surface area contributed by atoms with Gasteiger partial charge >= 0.3 is 5.97 Å². The molecule has 0 atom stereocenters. The van der Waals surface area contributed by atoms with Crippen LogP contribution in [0.15, 0.2) is 42.7 Å². The Morgan fingerprint density at radius 1 is 1.33 bits per heavy atom. The SMILES string of the molecule is O=C(O)C=Cc1ccccc1CN1CCn2ccnc2C1. The maximum Gasteiger partial charge on any atom is 0.328 e. The zero-order valence-electron chi connectivity index (χ0n) is 11.6. The summed E-state index contributed by atoms with van der Waals surface area (Å²) >= 11 is 0. The van der Waals surface area contributed by atoms with Crippen molar-refractivity contribution in [2.24, 2.45) is 0 Å². The molecule has 3 rings (SSSR count). The summed E-state index contributed by atoms with van der Waals surface area (Å²) < 4.78 is 2.17. The minimum atomic E-state index is -0.926. The van der Waals surface area contributed by atoms with Gasteiger partial charge in [-0.3, -0.25) is 4.90 Å². The van der Waals surface area contributed by atoms with E-state index in [2.05, 4.69) is 14.5 Å². The first-order valence-electron chi connectivity index (χ1n) is 6.93. The molecule has 0 aliphatic carbocycles. The zero-order valence-corrected chi connectivity index (χ0v) is 11.6. The lowest BCUT2D eigenvalue weighted by Crippen LogP contribution is -2.33. The average molecular weight is 283 g/mol. The highest BCUT2D eigenvalue weighted by molar-refractivity contribution is 5.85. The van der Waals surface area contributed by atoms with E-state index in [0.29, 0.717) is 0 Å². The van der Waals surface area contributed by atoms with E-state index in [-0.39, 0.29) is 0 Å². The molecule has 5 nitrogen and oxygen atoms in total. The number of aliphatic carboxylic acids is 1. The highest BCUT2D eigenvalue weighted by Gasteiger charge is 2.17. The first-order valence-corrected chi connectivity index (χ1v) is 6.93. The maximum atomic E-state index is 10.7. The molecule has 0 fully saturated rings.